The van der Waals surface area contributed by atoms with Gasteiger partial charge in [0.1, 0.15) is 39.9 Å². The summed E-state index contributed by atoms with van der Waals surface area (Å²) in [5.74, 6) is 4.19. The van der Waals surface area contributed by atoms with Gasteiger partial charge >= 0.3 is 0 Å². The number of aromatic nitrogens is 4. The summed E-state index contributed by atoms with van der Waals surface area (Å²) in [6.45, 7) is 14.8. The third kappa shape index (κ3) is 8.35. The first-order chi connectivity index (χ1) is 23.9. The zero-order valence-corrected chi connectivity index (χ0v) is 31.3. The van der Waals surface area contributed by atoms with Crippen LogP contribution >= 0.6 is 0 Å². The Morgan fingerprint density at radius 2 is 1.42 bits per heavy atom. The van der Waals surface area contributed by atoms with E-state index in [0.717, 1.165) is 41.7 Å². The Bertz CT molecular complexity index is 1690. The lowest BCUT2D eigenvalue weighted by atomic mass is 9.91. The smallest absolute Gasteiger partial charge is 0.260 e. The molecule has 0 N–H and O–H groups in total. The Morgan fingerprint density at radius 3 is 1.92 bits per heavy atom. The molecule has 1 aliphatic heterocycles. The number of imidazole rings is 1. The zero-order valence-electron chi connectivity index (χ0n) is 31.3. The van der Waals surface area contributed by atoms with Crippen LogP contribution in [0.15, 0.2) is 36.4 Å². The van der Waals surface area contributed by atoms with Crippen LogP contribution < -0.4 is 28.6 Å². The molecule has 272 valence electrons. The first-order valence-electron chi connectivity index (χ1n) is 17.3. The maximum absolute atomic E-state index is 6.35. The Labute approximate surface area is 295 Å². The van der Waals surface area contributed by atoms with Gasteiger partial charge in [-0.15, -0.1) is 10.2 Å². The molecular formula is C38H53N5O7. The molecule has 0 radical (unpaired) electrons. The van der Waals surface area contributed by atoms with Gasteiger partial charge in [0.15, 0.2) is 11.6 Å². The lowest BCUT2D eigenvalue weighted by Crippen LogP contribution is -2.47. The summed E-state index contributed by atoms with van der Waals surface area (Å²) in [5.41, 5.74) is 3.08. The van der Waals surface area contributed by atoms with Gasteiger partial charge in [-0.25, -0.2) is 4.98 Å². The van der Waals surface area contributed by atoms with Gasteiger partial charge in [0.05, 0.1) is 47.8 Å². The van der Waals surface area contributed by atoms with Crippen molar-refractivity contribution >= 4 is 16.9 Å². The van der Waals surface area contributed by atoms with Crippen LogP contribution in [0.1, 0.15) is 71.3 Å². The molecule has 0 amide bonds. The first kappa shape index (κ1) is 37.0. The van der Waals surface area contributed by atoms with Gasteiger partial charge < -0.3 is 42.6 Å². The van der Waals surface area contributed by atoms with Gasteiger partial charge in [-0.3, -0.25) is 0 Å². The van der Waals surface area contributed by atoms with Crippen molar-refractivity contribution in [2.45, 2.75) is 92.3 Å². The van der Waals surface area contributed by atoms with E-state index in [1.54, 1.807) is 28.4 Å². The van der Waals surface area contributed by atoms with Crippen LogP contribution in [0.2, 0.25) is 0 Å². The summed E-state index contributed by atoms with van der Waals surface area (Å²) < 4.78 is 43.6. The molecule has 2 aromatic heterocycles. The number of ether oxygens (including phenoxy) is 7. The normalized spacial score (nSPS) is 15.3. The minimum Gasteiger partial charge on any atom is -0.497 e. The average molecular weight is 692 g/mol. The lowest BCUT2D eigenvalue weighted by Gasteiger charge is -2.41. The predicted molar refractivity (Wildman–Crippen MR) is 193 cm³/mol. The summed E-state index contributed by atoms with van der Waals surface area (Å²) in [5, 5.41) is 9.59. The van der Waals surface area contributed by atoms with Crippen LogP contribution in [-0.4, -0.2) is 73.3 Å². The van der Waals surface area contributed by atoms with E-state index in [9.17, 15) is 0 Å². The van der Waals surface area contributed by atoms with Crippen molar-refractivity contribution in [3.63, 3.8) is 0 Å². The van der Waals surface area contributed by atoms with Crippen LogP contribution in [0.4, 0.5) is 5.82 Å². The van der Waals surface area contributed by atoms with Crippen molar-refractivity contribution in [3.8, 4) is 28.9 Å². The first-order valence-corrected chi connectivity index (χ1v) is 17.3. The highest BCUT2D eigenvalue weighted by atomic mass is 16.7. The number of hydrogen-bond acceptors (Lipinski definition) is 11. The zero-order chi connectivity index (χ0) is 36.1. The largest absolute Gasteiger partial charge is 0.497 e. The molecule has 0 aliphatic carbocycles. The fourth-order valence-corrected chi connectivity index (χ4v) is 6.11. The van der Waals surface area contributed by atoms with E-state index in [2.05, 4.69) is 23.3 Å². The van der Waals surface area contributed by atoms with Crippen molar-refractivity contribution in [1.29, 1.82) is 0 Å². The van der Waals surface area contributed by atoms with Crippen molar-refractivity contribution < 1.29 is 33.2 Å². The van der Waals surface area contributed by atoms with Gasteiger partial charge in [-0.2, -0.15) is 0 Å². The third-order valence-corrected chi connectivity index (χ3v) is 8.88. The third-order valence-electron chi connectivity index (χ3n) is 8.88. The van der Waals surface area contributed by atoms with Crippen LogP contribution in [-0.2, 0) is 35.5 Å². The molecule has 5 rings (SSSR count). The Morgan fingerprint density at radius 1 is 0.840 bits per heavy atom. The molecule has 1 fully saturated rings. The number of nitrogens with zero attached hydrogens (tertiary/aromatic N) is 5. The van der Waals surface area contributed by atoms with E-state index in [0.29, 0.717) is 73.1 Å². The summed E-state index contributed by atoms with van der Waals surface area (Å²) in [6.07, 6.45) is 2.67. The highest BCUT2D eigenvalue weighted by Gasteiger charge is 2.38. The monoisotopic (exact) mass is 691 g/mol. The molecule has 12 nitrogen and oxygen atoms in total. The van der Waals surface area contributed by atoms with E-state index in [1.807, 2.05) is 64.1 Å². The number of unbranched alkanes of at least 4 members (excludes halogenated alkanes) is 1. The van der Waals surface area contributed by atoms with Crippen LogP contribution in [0.5, 0.6) is 28.9 Å². The second-order valence-electron chi connectivity index (χ2n) is 13.9. The molecule has 1 saturated heterocycles. The fraction of sp³-hybridized carbons (Fsp3) is 0.553. The molecule has 0 saturated carbocycles. The van der Waals surface area contributed by atoms with E-state index < -0.39 is 5.79 Å². The topological polar surface area (TPSA) is 111 Å². The number of anilines is 1. The molecule has 1 aliphatic rings. The summed E-state index contributed by atoms with van der Waals surface area (Å²) in [4.78, 5) is 7.50. The standard InChI is InChI=1S/C38H53N5O7/c1-11-12-13-32-39-33-34(43(32)22-38(6)23-48-37(4,5)49-24-38)36(50-25(2)3)41-40-35(33)42(20-26-14-16-28(44-7)18-30(26)46-9)21-27-15-17-29(45-8)19-31(27)47-10/h14-19,25H,11-13,20-24H2,1-10H3. The maximum atomic E-state index is 6.35. The van der Waals surface area contributed by atoms with Crippen molar-refractivity contribution in [2.75, 3.05) is 46.6 Å². The minimum atomic E-state index is -0.627. The van der Waals surface area contributed by atoms with Gasteiger partial charge in [-0.05, 0) is 58.4 Å². The SMILES string of the molecule is CCCCc1nc2c(N(Cc3ccc(OC)cc3OC)Cc3ccc(OC)cc3OC)nnc(OC(C)C)c2n1CC1(C)COC(C)(C)OC1. The number of methoxy groups -OCH3 is 4. The van der Waals surface area contributed by atoms with E-state index in [1.165, 1.54) is 0 Å². The number of fused-ring (bicyclic) bond motifs is 1. The quantitative estimate of drug-likeness (QED) is 0.121. The van der Waals surface area contributed by atoms with Crippen molar-refractivity contribution in [3.05, 3.63) is 53.3 Å². The average Bonchev–Trinajstić information content (AvgIpc) is 3.46. The highest BCUT2D eigenvalue weighted by molar-refractivity contribution is 5.90. The van der Waals surface area contributed by atoms with Crippen molar-refractivity contribution in [2.24, 2.45) is 5.41 Å². The fourth-order valence-electron chi connectivity index (χ4n) is 6.11. The van der Waals surface area contributed by atoms with Gasteiger partial charge in [0.2, 0.25) is 0 Å². The molecule has 4 aromatic rings. The van der Waals surface area contributed by atoms with E-state index in [4.69, 9.17) is 48.3 Å². The van der Waals surface area contributed by atoms with Crippen molar-refractivity contribution in [1.82, 2.24) is 19.7 Å². The number of rotatable bonds is 16. The number of benzene rings is 2. The molecule has 0 unspecified atom stereocenters. The molecule has 12 heteroatoms. The molecule has 2 aromatic carbocycles. The van der Waals surface area contributed by atoms with Crippen LogP contribution in [0.25, 0.3) is 11.0 Å². The molecule has 0 bridgehead atoms. The molecule has 0 spiro atoms. The molecular weight excluding hydrogens is 638 g/mol. The lowest BCUT2D eigenvalue weighted by molar-refractivity contribution is -0.284. The number of hydrogen-bond donors (Lipinski definition) is 0. The molecule has 0 atom stereocenters. The second-order valence-corrected chi connectivity index (χ2v) is 13.9. The maximum Gasteiger partial charge on any atom is 0.260 e. The summed E-state index contributed by atoms with van der Waals surface area (Å²) in [6, 6.07) is 11.6. The second kappa shape index (κ2) is 15.7. The molecule has 3 heterocycles. The van der Waals surface area contributed by atoms with Gasteiger partial charge in [0, 0.05) is 54.7 Å². The Hall–Kier alpha value is -4.29. The minimum absolute atomic E-state index is 0.123. The van der Waals surface area contributed by atoms with Gasteiger partial charge in [-0.1, -0.05) is 20.3 Å². The summed E-state index contributed by atoms with van der Waals surface area (Å²) in [7, 11) is 6.60. The van der Waals surface area contributed by atoms with Crippen LogP contribution in [0.3, 0.4) is 0 Å². The Kier molecular flexibility index (Phi) is 11.6. The van der Waals surface area contributed by atoms with E-state index >= 15 is 0 Å². The Balaban J connectivity index is 1.70. The highest BCUT2D eigenvalue weighted by Crippen LogP contribution is 2.39. The molecule has 50 heavy (non-hydrogen) atoms. The van der Waals surface area contributed by atoms with Gasteiger partial charge in [0.25, 0.3) is 5.88 Å². The van der Waals surface area contributed by atoms with E-state index in [-0.39, 0.29) is 11.5 Å². The summed E-state index contributed by atoms with van der Waals surface area (Å²) >= 11 is 0. The number of aryl methyl sites for hydroxylation is 1. The predicted octanol–water partition coefficient (Wildman–Crippen LogP) is 6.99. The van der Waals surface area contributed by atoms with Crippen LogP contribution in [0, 0.1) is 5.41 Å².